The second kappa shape index (κ2) is 2.86. The number of hydrogen-bond donors (Lipinski definition) is 1. The molecule has 0 saturated heterocycles. The van der Waals surface area contributed by atoms with Crippen LogP contribution in [0, 0.1) is 5.92 Å². The first-order valence-electron chi connectivity index (χ1n) is 3.65. The van der Waals surface area contributed by atoms with E-state index in [0.29, 0.717) is 5.76 Å². The van der Waals surface area contributed by atoms with Crippen molar-refractivity contribution in [2.45, 2.75) is 26.2 Å². The number of aliphatic hydroxyl groups is 1. The van der Waals surface area contributed by atoms with E-state index in [2.05, 4.69) is 0 Å². The van der Waals surface area contributed by atoms with Crippen LogP contribution in [-0.4, -0.2) is 11.4 Å². The van der Waals surface area contributed by atoms with Gasteiger partial charge in [0.2, 0.25) is 0 Å². The topological polar surface area (TPSA) is 37.3 Å². The van der Waals surface area contributed by atoms with Gasteiger partial charge in [-0.05, 0) is 24.8 Å². The number of carbonyl (C=O) groups excluding carboxylic acids is 1. The van der Waals surface area contributed by atoms with Gasteiger partial charge in [0.05, 0.1) is 5.92 Å². The lowest BCUT2D eigenvalue weighted by Gasteiger charge is -1.98. The molecule has 0 aromatic carbocycles. The molecule has 0 radical (unpaired) electrons. The fraction of sp³-hybridized carbons (Fsp3) is 0.625. The van der Waals surface area contributed by atoms with Crippen LogP contribution in [-0.2, 0) is 4.79 Å². The summed E-state index contributed by atoms with van der Waals surface area (Å²) < 4.78 is 0. The second-order valence-electron chi connectivity index (χ2n) is 2.62. The maximum Gasteiger partial charge on any atom is 0.130 e. The number of carbonyl (C=O) groups is 1. The van der Waals surface area contributed by atoms with Crippen LogP contribution in [0.15, 0.2) is 11.3 Å². The van der Waals surface area contributed by atoms with E-state index in [-0.39, 0.29) is 5.92 Å². The lowest BCUT2D eigenvalue weighted by atomic mass is 10.1. The summed E-state index contributed by atoms with van der Waals surface area (Å²) in [7, 11) is 0. The van der Waals surface area contributed by atoms with Gasteiger partial charge in [-0.15, -0.1) is 0 Å². The fourth-order valence-corrected chi connectivity index (χ4v) is 1.35. The van der Waals surface area contributed by atoms with Gasteiger partial charge in [0.15, 0.2) is 0 Å². The van der Waals surface area contributed by atoms with E-state index in [9.17, 15) is 9.90 Å². The average molecular weight is 140 g/mol. The van der Waals surface area contributed by atoms with E-state index in [4.69, 9.17) is 0 Å². The highest BCUT2D eigenvalue weighted by atomic mass is 16.3. The first-order chi connectivity index (χ1) is 4.79. The highest BCUT2D eigenvalue weighted by molar-refractivity contribution is 5.59. The molecule has 0 amide bonds. The molecule has 56 valence electrons. The lowest BCUT2D eigenvalue weighted by molar-refractivity contribution is -0.110. The van der Waals surface area contributed by atoms with E-state index in [0.717, 1.165) is 31.1 Å². The highest BCUT2D eigenvalue weighted by Gasteiger charge is 2.22. The van der Waals surface area contributed by atoms with Crippen molar-refractivity contribution in [2.24, 2.45) is 5.92 Å². The molecule has 1 rings (SSSR count). The molecule has 1 N–H and O–H groups in total. The number of allylic oxidation sites excluding steroid dienone is 2. The van der Waals surface area contributed by atoms with Crippen molar-refractivity contribution in [1.29, 1.82) is 0 Å². The Bertz CT molecular complexity index is 170. The molecule has 0 spiro atoms. The summed E-state index contributed by atoms with van der Waals surface area (Å²) in [6, 6.07) is 0. The first-order valence-corrected chi connectivity index (χ1v) is 3.65. The first kappa shape index (κ1) is 7.32. The quantitative estimate of drug-likeness (QED) is 0.594. The molecule has 0 aliphatic heterocycles. The van der Waals surface area contributed by atoms with Gasteiger partial charge in [0, 0.05) is 0 Å². The molecular weight excluding hydrogens is 128 g/mol. The molecule has 0 fully saturated rings. The highest BCUT2D eigenvalue weighted by Crippen LogP contribution is 2.30. The van der Waals surface area contributed by atoms with Crippen molar-refractivity contribution >= 4 is 6.29 Å². The van der Waals surface area contributed by atoms with E-state index in [1.165, 1.54) is 0 Å². The monoisotopic (exact) mass is 140 g/mol. The van der Waals surface area contributed by atoms with Crippen LogP contribution in [0.5, 0.6) is 0 Å². The third-order valence-corrected chi connectivity index (χ3v) is 2.06. The van der Waals surface area contributed by atoms with Gasteiger partial charge in [0.1, 0.15) is 12.0 Å². The SMILES string of the molecule is CCC1=C(O)C(C=O)CC1. The molecule has 2 heteroatoms. The smallest absolute Gasteiger partial charge is 0.130 e. The molecule has 1 atom stereocenters. The molecule has 1 aliphatic carbocycles. The van der Waals surface area contributed by atoms with E-state index in [1.807, 2.05) is 6.92 Å². The minimum absolute atomic E-state index is 0.199. The van der Waals surface area contributed by atoms with Crippen LogP contribution in [0.3, 0.4) is 0 Å². The molecule has 2 nitrogen and oxygen atoms in total. The predicted octanol–water partition coefficient (Wildman–Crippen LogP) is 1.82. The molecule has 1 unspecified atom stereocenters. The fourth-order valence-electron chi connectivity index (χ4n) is 1.35. The van der Waals surface area contributed by atoms with Crippen LogP contribution >= 0.6 is 0 Å². The van der Waals surface area contributed by atoms with E-state index in [1.54, 1.807) is 0 Å². The summed E-state index contributed by atoms with van der Waals surface area (Å²) in [5.74, 6) is 0.132. The molecule has 0 bridgehead atoms. The molecular formula is C8H12O2. The summed E-state index contributed by atoms with van der Waals surface area (Å²) in [5.41, 5.74) is 1.05. The minimum atomic E-state index is -0.199. The van der Waals surface area contributed by atoms with Crippen molar-refractivity contribution in [3.8, 4) is 0 Å². The van der Waals surface area contributed by atoms with Crippen LogP contribution in [0.1, 0.15) is 26.2 Å². The van der Waals surface area contributed by atoms with Gasteiger partial charge in [-0.25, -0.2) is 0 Å². The van der Waals surface area contributed by atoms with Gasteiger partial charge >= 0.3 is 0 Å². The van der Waals surface area contributed by atoms with Gasteiger partial charge < -0.3 is 9.90 Å². The van der Waals surface area contributed by atoms with Crippen molar-refractivity contribution in [3.63, 3.8) is 0 Å². The molecule has 1 aliphatic rings. The summed E-state index contributed by atoms with van der Waals surface area (Å²) in [4.78, 5) is 10.3. The Morgan fingerprint density at radius 1 is 1.80 bits per heavy atom. The average Bonchev–Trinajstić information content (AvgIpc) is 2.30. The molecule has 0 saturated carbocycles. The van der Waals surface area contributed by atoms with Crippen LogP contribution < -0.4 is 0 Å². The predicted molar refractivity (Wildman–Crippen MR) is 38.7 cm³/mol. The minimum Gasteiger partial charge on any atom is -0.512 e. The second-order valence-corrected chi connectivity index (χ2v) is 2.62. The molecule has 10 heavy (non-hydrogen) atoms. The Morgan fingerprint density at radius 3 is 2.80 bits per heavy atom. The van der Waals surface area contributed by atoms with Gasteiger partial charge in [-0.3, -0.25) is 0 Å². The summed E-state index contributed by atoms with van der Waals surface area (Å²) >= 11 is 0. The standard InChI is InChI=1S/C8H12O2/c1-2-6-3-4-7(5-9)8(6)10/h5,7,10H,2-4H2,1H3. The number of rotatable bonds is 2. The molecule has 0 aromatic rings. The zero-order chi connectivity index (χ0) is 7.56. The summed E-state index contributed by atoms with van der Waals surface area (Å²) in [6.07, 6.45) is 3.40. The maximum atomic E-state index is 10.3. The Kier molecular flexibility index (Phi) is 2.10. The molecule has 0 aromatic heterocycles. The Labute approximate surface area is 60.6 Å². The van der Waals surface area contributed by atoms with Crippen molar-refractivity contribution in [1.82, 2.24) is 0 Å². The van der Waals surface area contributed by atoms with Gasteiger partial charge in [-0.2, -0.15) is 0 Å². The van der Waals surface area contributed by atoms with Crippen LogP contribution in [0.4, 0.5) is 0 Å². The Balaban J connectivity index is 2.72. The van der Waals surface area contributed by atoms with E-state index >= 15 is 0 Å². The maximum absolute atomic E-state index is 10.3. The largest absolute Gasteiger partial charge is 0.512 e. The van der Waals surface area contributed by atoms with Crippen LogP contribution in [0.25, 0.3) is 0 Å². The number of hydrogen-bond acceptors (Lipinski definition) is 2. The normalized spacial score (nSPS) is 25.5. The molecule has 0 heterocycles. The zero-order valence-electron chi connectivity index (χ0n) is 6.13. The van der Waals surface area contributed by atoms with Crippen LogP contribution in [0.2, 0.25) is 0 Å². The summed E-state index contributed by atoms with van der Waals surface area (Å²) in [6.45, 7) is 2.00. The third kappa shape index (κ3) is 1.06. The van der Waals surface area contributed by atoms with Gasteiger partial charge in [0.25, 0.3) is 0 Å². The Morgan fingerprint density at radius 2 is 2.50 bits per heavy atom. The van der Waals surface area contributed by atoms with Crippen molar-refractivity contribution < 1.29 is 9.90 Å². The third-order valence-electron chi connectivity index (χ3n) is 2.06. The zero-order valence-corrected chi connectivity index (χ0v) is 6.13. The number of aldehydes is 1. The number of aliphatic hydroxyl groups excluding tert-OH is 1. The van der Waals surface area contributed by atoms with Crippen molar-refractivity contribution in [2.75, 3.05) is 0 Å². The van der Waals surface area contributed by atoms with E-state index < -0.39 is 0 Å². The van der Waals surface area contributed by atoms with Crippen molar-refractivity contribution in [3.05, 3.63) is 11.3 Å². The Hall–Kier alpha value is -0.790. The van der Waals surface area contributed by atoms with Gasteiger partial charge in [-0.1, -0.05) is 6.92 Å². The lowest BCUT2D eigenvalue weighted by Crippen LogP contribution is -1.99. The summed E-state index contributed by atoms with van der Waals surface area (Å²) in [5, 5.41) is 9.30.